The lowest BCUT2D eigenvalue weighted by Gasteiger charge is -2.26. The summed E-state index contributed by atoms with van der Waals surface area (Å²) in [6.45, 7) is 3.57. The zero-order chi connectivity index (χ0) is 13.5. The van der Waals surface area contributed by atoms with Gasteiger partial charge in [-0.3, -0.25) is 10.1 Å². The van der Waals surface area contributed by atoms with E-state index in [4.69, 9.17) is 4.74 Å². The Balaban J connectivity index is 1.79. The fraction of sp³-hybridized carbons (Fsp3) is 0.643. The van der Waals surface area contributed by atoms with Gasteiger partial charge in [0.2, 0.25) is 5.91 Å². The first-order chi connectivity index (χ1) is 9.16. The summed E-state index contributed by atoms with van der Waals surface area (Å²) in [7, 11) is 1.71. The quantitative estimate of drug-likeness (QED) is 0.897. The number of amides is 1. The molecule has 2 unspecified atom stereocenters. The van der Waals surface area contributed by atoms with Crippen LogP contribution < -0.4 is 5.32 Å². The van der Waals surface area contributed by atoms with Crippen molar-refractivity contribution in [2.45, 2.75) is 31.5 Å². The molecule has 4 nitrogen and oxygen atoms in total. The number of carbonyl (C=O) groups is 1. The van der Waals surface area contributed by atoms with Gasteiger partial charge in [0.05, 0.1) is 6.61 Å². The molecule has 19 heavy (non-hydrogen) atoms. The summed E-state index contributed by atoms with van der Waals surface area (Å²) in [4.78, 5) is 15.8. The van der Waals surface area contributed by atoms with E-state index in [0.717, 1.165) is 19.4 Å². The highest BCUT2D eigenvalue weighted by Crippen LogP contribution is 2.46. The average molecular weight is 280 g/mol. The van der Waals surface area contributed by atoms with Gasteiger partial charge in [-0.25, -0.2) is 0 Å². The summed E-state index contributed by atoms with van der Waals surface area (Å²) in [6, 6.07) is 4.14. The molecule has 0 radical (unpaired) electrons. The fourth-order valence-corrected chi connectivity index (χ4v) is 3.60. The smallest absolute Gasteiger partial charge is 0.244 e. The molecule has 2 fully saturated rings. The third kappa shape index (κ3) is 2.30. The Labute approximate surface area is 117 Å². The van der Waals surface area contributed by atoms with E-state index in [2.05, 4.69) is 23.7 Å². The number of methoxy groups -OCH3 is 1. The van der Waals surface area contributed by atoms with E-state index in [1.807, 2.05) is 11.0 Å². The molecule has 3 rings (SSSR count). The minimum Gasteiger partial charge on any atom is -0.384 e. The number of nitrogens with one attached hydrogen (secondary N) is 1. The highest BCUT2D eigenvalue weighted by atomic mass is 32.1. The Morgan fingerprint density at radius 3 is 3.00 bits per heavy atom. The maximum absolute atomic E-state index is 12.6. The van der Waals surface area contributed by atoms with Crippen molar-refractivity contribution >= 4 is 17.2 Å². The standard InChI is InChI=1S/C14H20N2O2S/c1-10(9-18-2)8-16-12(11-4-3-7-19-11)15-14(5-6-14)13(16)17/h3-4,7,10,12,15H,5-6,8-9H2,1-2H3. The molecule has 1 aromatic heterocycles. The van der Waals surface area contributed by atoms with Gasteiger partial charge in [-0.15, -0.1) is 11.3 Å². The second kappa shape index (κ2) is 4.89. The van der Waals surface area contributed by atoms with Crippen molar-refractivity contribution in [2.75, 3.05) is 20.3 Å². The topological polar surface area (TPSA) is 41.6 Å². The molecule has 2 heterocycles. The van der Waals surface area contributed by atoms with Crippen molar-refractivity contribution in [2.24, 2.45) is 5.92 Å². The van der Waals surface area contributed by atoms with Crippen LogP contribution in [0.3, 0.4) is 0 Å². The zero-order valence-corrected chi connectivity index (χ0v) is 12.2. The normalized spacial score (nSPS) is 26.1. The van der Waals surface area contributed by atoms with Gasteiger partial charge in [-0.2, -0.15) is 0 Å². The van der Waals surface area contributed by atoms with Crippen molar-refractivity contribution in [3.8, 4) is 0 Å². The van der Waals surface area contributed by atoms with Crippen LogP contribution in [0.4, 0.5) is 0 Å². The lowest BCUT2D eigenvalue weighted by Crippen LogP contribution is -2.36. The Kier molecular flexibility index (Phi) is 3.37. The minimum atomic E-state index is -0.249. The van der Waals surface area contributed by atoms with Crippen LogP contribution in [0.1, 0.15) is 30.8 Å². The van der Waals surface area contributed by atoms with Crippen LogP contribution >= 0.6 is 11.3 Å². The number of ether oxygens (including phenoxy) is 1. The SMILES string of the molecule is COCC(C)CN1C(=O)C2(CC2)NC1c1cccs1. The van der Waals surface area contributed by atoms with Crippen LogP contribution in [0.2, 0.25) is 0 Å². The monoisotopic (exact) mass is 280 g/mol. The second-order valence-electron chi connectivity index (χ2n) is 5.66. The lowest BCUT2D eigenvalue weighted by molar-refractivity contribution is -0.131. The molecule has 104 valence electrons. The molecule has 1 aromatic rings. The molecule has 1 N–H and O–H groups in total. The summed E-state index contributed by atoms with van der Waals surface area (Å²) in [5.74, 6) is 0.626. The van der Waals surface area contributed by atoms with Crippen LogP contribution in [0.15, 0.2) is 17.5 Å². The number of carbonyl (C=O) groups excluding carboxylic acids is 1. The van der Waals surface area contributed by atoms with Gasteiger partial charge in [0.15, 0.2) is 0 Å². The van der Waals surface area contributed by atoms with Crippen molar-refractivity contribution in [3.05, 3.63) is 22.4 Å². The van der Waals surface area contributed by atoms with Gasteiger partial charge in [0.1, 0.15) is 11.7 Å². The maximum Gasteiger partial charge on any atom is 0.244 e. The second-order valence-corrected chi connectivity index (χ2v) is 6.64. The Hall–Kier alpha value is -0.910. The number of hydrogen-bond donors (Lipinski definition) is 1. The van der Waals surface area contributed by atoms with Crippen LogP contribution in [-0.2, 0) is 9.53 Å². The molecule has 0 aromatic carbocycles. The number of thiophene rings is 1. The molecule has 1 aliphatic heterocycles. The number of nitrogens with zero attached hydrogens (tertiary/aromatic N) is 1. The first-order valence-corrected chi connectivity index (χ1v) is 7.65. The van der Waals surface area contributed by atoms with Gasteiger partial charge >= 0.3 is 0 Å². The summed E-state index contributed by atoms with van der Waals surface area (Å²) in [6.07, 6.45) is 2.00. The van der Waals surface area contributed by atoms with E-state index in [-0.39, 0.29) is 17.6 Å². The molecule has 2 aliphatic rings. The predicted molar refractivity (Wildman–Crippen MR) is 74.9 cm³/mol. The van der Waals surface area contributed by atoms with Crippen molar-refractivity contribution in [3.63, 3.8) is 0 Å². The molecule has 1 aliphatic carbocycles. The van der Waals surface area contributed by atoms with E-state index < -0.39 is 0 Å². The summed E-state index contributed by atoms with van der Waals surface area (Å²) < 4.78 is 5.19. The summed E-state index contributed by atoms with van der Waals surface area (Å²) >= 11 is 1.71. The number of rotatable bonds is 5. The van der Waals surface area contributed by atoms with E-state index >= 15 is 0 Å². The molecule has 2 atom stereocenters. The molecule has 1 amide bonds. The Bertz CT molecular complexity index is 456. The predicted octanol–water partition coefficient (Wildman–Crippen LogP) is 1.99. The molecule has 1 saturated carbocycles. The highest BCUT2D eigenvalue weighted by molar-refractivity contribution is 7.10. The average Bonchev–Trinajstić information content (AvgIpc) is 2.86. The number of hydrogen-bond acceptors (Lipinski definition) is 4. The highest BCUT2D eigenvalue weighted by Gasteiger charge is 2.59. The van der Waals surface area contributed by atoms with Gasteiger partial charge in [0.25, 0.3) is 0 Å². The molecule has 1 saturated heterocycles. The van der Waals surface area contributed by atoms with Gasteiger partial charge in [0, 0.05) is 18.5 Å². The van der Waals surface area contributed by atoms with Crippen molar-refractivity contribution < 1.29 is 9.53 Å². The zero-order valence-electron chi connectivity index (χ0n) is 11.4. The third-order valence-corrected chi connectivity index (χ3v) is 4.84. The van der Waals surface area contributed by atoms with E-state index in [9.17, 15) is 4.79 Å². The molecular formula is C14H20N2O2S. The van der Waals surface area contributed by atoms with Crippen LogP contribution in [0, 0.1) is 5.92 Å². The van der Waals surface area contributed by atoms with Gasteiger partial charge in [-0.1, -0.05) is 13.0 Å². The first kappa shape index (κ1) is 13.1. The molecular weight excluding hydrogens is 260 g/mol. The van der Waals surface area contributed by atoms with Crippen molar-refractivity contribution in [1.29, 1.82) is 0 Å². The van der Waals surface area contributed by atoms with E-state index in [1.54, 1.807) is 18.4 Å². The molecule has 5 heteroatoms. The fourth-order valence-electron chi connectivity index (χ4n) is 2.81. The minimum absolute atomic E-state index is 0.0503. The Morgan fingerprint density at radius 1 is 1.63 bits per heavy atom. The maximum atomic E-state index is 12.6. The largest absolute Gasteiger partial charge is 0.384 e. The van der Waals surface area contributed by atoms with Crippen LogP contribution in [-0.4, -0.2) is 36.6 Å². The van der Waals surface area contributed by atoms with Gasteiger partial charge < -0.3 is 9.64 Å². The van der Waals surface area contributed by atoms with Crippen LogP contribution in [0.25, 0.3) is 0 Å². The Morgan fingerprint density at radius 2 is 2.42 bits per heavy atom. The molecule has 0 bridgehead atoms. The third-order valence-electron chi connectivity index (χ3n) is 3.92. The van der Waals surface area contributed by atoms with Gasteiger partial charge in [-0.05, 0) is 30.2 Å². The van der Waals surface area contributed by atoms with Crippen molar-refractivity contribution in [1.82, 2.24) is 10.2 Å². The van der Waals surface area contributed by atoms with E-state index in [1.165, 1.54) is 4.88 Å². The lowest BCUT2D eigenvalue weighted by atomic mass is 10.1. The first-order valence-electron chi connectivity index (χ1n) is 6.77. The van der Waals surface area contributed by atoms with Crippen LogP contribution in [0.5, 0.6) is 0 Å². The summed E-state index contributed by atoms with van der Waals surface area (Å²) in [5.41, 5.74) is -0.249. The van der Waals surface area contributed by atoms with E-state index in [0.29, 0.717) is 12.5 Å². The summed E-state index contributed by atoms with van der Waals surface area (Å²) in [5, 5.41) is 5.60. The molecule has 1 spiro atoms.